The van der Waals surface area contributed by atoms with E-state index in [9.17, 15) is 4.79 Å². The van der Waals surface area contributed by atoms with Crippen molar-refractivity contribution in [1.82, 2.24) is 0 Å². The minimum Gasteiger partial charge on any atom is -0.333 e. The molecule has 3 nitrogen and oxygen atoms in total. The second-order valence-electron chi connectivity index (χ2n) is 4.84. The Bertz CT molecular complexity index is 597. The standard InChI is InChI=1S/C16H16Cl2N2O/c1-11(12-2-4-13(17)5-3-12)19-10-16(21)20-15-8-6-14(18)7-9-15/h2-9,11,19H,10H2,1H3,(H,20,21)/p+1/t11-/m1/s1. The zero-order valence-electron chi connectivity index (χ0n) is 11.6. The van der Waals surface area contributed by atoms with Gasteiger partial charge in [-0.3, -0.25) is 4.79 Å². The number of amides is 1. The van der Waals surface area contributed by atoms with Crippen molar-refractivity contribution in [3.8, 4) is 0 Å². The molecular weight excluding hydrogens is 307 g/mol. The number of hydrogen-bond donors (Lipinski definition) is 2. The van der Waals surface area contributed by atoms with Crippen molar-refractivity contribution in [3.63, 3.8) is 0 Å². The van der Waals surface area contributed by atoms with Gasteiger partial charge in [0, 0.05) is 21.3 Å². The monoisotopic (exact) mass is 323 g/mol. The highest BCUT2D eigenvalue weighted by atomic mass is 35.5. The molecule has 0 unspecified atom stereocenters. The Balaban J connectivity index is 1.83. The molecule has 0 aromatic heterocycles. The summed E-state index contributed by atoms with van der Waals surface area (Å²) in [6.07, 6.45) is 0. The molecule has 0 saturated heterocycles. The van der Waals surface area contributed by atoms with Crippen LogP contribution in [-0.4, -0.2) is 12.5 Å². The van der Waals surface area contributed by atoms with Gasteiger partial charge in [-0.1, -0.05) is 35.3 Å². The summed E-state index contributed by atoms with van der Waals surface area (Å²) in [6, 6.07) is 14.9. The van der Waals surface area contributed by atoms with Crippen molar-refractivity contribution < 1.29 is 10.1 Å². The van der Waals surface area contributed by atoms with E-state index < -0.39 is 0 Å². The molecule has 0 saturated carbocycles. The molecule has 2 rings (SSSR count). The maximum Gasteiger partial charge on any atom is 0.279 e. The van der Waals surface area contributed by atoms with E-state index in [1.807, 2.05) is 29.6 Å². The second kappa shape index (κ2) is 7.46. The molecule has 21 heavy (non-hydrogen) atoms. The molecule has 0 aliphatic carbocycles. The molecule has 1 amide bonds. The highest BCUT2D eigenvalue weighted by Gasteiger charge is 2.11. The van der Waals surface area contributed by atoms with Crippen molar-refractivity contribution in [2.24, 2.45) is 0 Å². The minimum absolute atomic E-state index is 0.0434. The summed E-state index contributed by atoms with van der Waals surface area (Å²) in [7, 11) is 0. The van der Waals surface area contributed by atoms with Gasteiger partial charge in [0.15, 0.2) is 6.54 Å². The predicted molar refractivity (Wildman–Crippen MR) is 86.7 cm³/mol. The molecule has 1 atom stereocenters. The van der Waals surface area contributed by atoms with Crippen LogP contribution in [0.15, 0.2) is 48.5 Å². The Labute approximate surface area is 134 Å². The summed E-state index contributed by atoms with van der Waals surface area (Å²) in [5.41, 5.74) is 1.88. The van der Waals surface area contributed by atoms with Gasteiger partial charge in [-0.15, -0.1) is 0 Å². The largest absolute Gasteiger partial charge is 0.333 e. The average molecular weight is 324 g/mol. The number of benzene rings is 2. The Hall–Kier alpha value is -1.55. The maximum absolute atomic E-state index is 11.9. The van der Waals surface area contributed by atoms with Crippen LogP contribution in [-0.2, 0) is 4.79 Å². The molecule has 0 spiro atoms. The van der Waals surface area contributed by atoms with Crippen LogP contribution in [0.5, 0.6) is 0 Å². The van der Waals surface area contributed by atoms with Crippen LogP contribution >= 0.6 is 23.2 Å². The lowest BCUT2D eigenvalue weighted by molar-refractivity contribution is -0.682. The third-order valence-electron chi connectivity index (χ3n) is 3.18. The first-order valence-corrected chi connectivity index (χ1v) is 7.44. The molecule has 110 valence electrons. The van der Waals surface area contributed by atoms with Crippen LogP contribution in [0.2, 0.25) is 10.0 Å². The van der Waals surface area contributed by atoms with Gasteiger partial charge in [0.25, 0.3) is 5.91 Å². The van der Waals surface area contributed by atoms with Gasteiger partial charge in [0.1, 0.15) is 6.04 Å². The van der Waals surface area contributed by atoms with Gasteiger partial charge in [0.2, 0.25) is 0 Å². The van der Waals surface area contributed by atoms with Gasteiger partial charge >= 0.3 is 0 Å². The van der Waals surface area contributed by atoms with Crippen molar-refractivity contribution >= 4 is 34.8 Å². The zero-order chi connectivity index (χ0) is 15.2. The predicted octanol–water partition coefficient (Wildman–Crippen LogP) is 3.26. The summed E-state index contributed by atoms with van der Waals surface area (Å²) in [5, 5.41) is 6.18. The van der Waals surface area contributed by atoms with Crippen molar-refractivity contribution in [1.29, 1.82) is 0 Å². The number of quaternary nitrogens is 1. The molecule has 5 heteroatoms. The summed E-state index contributed by atoms with van der Waals surface area (Å²) in [4.78, 5) is 11.9. The topological polar surface area (TPSA) is 45.7 Å². The highest BCUT2D eigenvalue weighted by molar-refractivity contribution is 6.30. The lowest BCUT2D eigenvalue weighted by Crippen LogP contribution is -2.86. The molecule has 0 bridgehead atoms. The van der Waals surface area contributed by atoms with Gasteiger partial charge in [-0.05, 0) is 43.3 Å². The van der Waals surface area contributed by atoms with Crippen LogP contribution in [0.25, 0.3) is 0 Å². The van der Waals surface area contributed by atoms with E-state index in [4.69, 9.17) is 23.2 Å². The number of rotatable bonds is 5. The third-order valence-corrected chi connectivity index (χ3v) is 3.68. The fourth-order valence-corrected chi connectivity index (χ4v) is 2.18. The van der Waals surface area contributed by atoms with E-state index in [0.717, 1.165) is 11.3 Å². The van der Waals surface area contributed by atoms with Crippen LogP contribution in [0.3, 0.4) is 0 Å². The number of halogens is 2. The normalized spacial score (nSPS) is 12.0. The number of carbonyl (C=O) groups excluding carboxylic acids is 1. The van der Waals surface area contributed by atoms with Crippen LogP contribution < -0.4 is 10.6 Å². The summed E-state index contributed by atoms with van der Waals surface area (Å²) in [6.45, 7) is 2.41. The molecule has 2 aromatic rings. The zero-order valence-corrected chi connectivity index (χ0v) is 13.2. The van der Waals surface area contributed by atoms with E-state index >= 15 is 0 Å². The summed E-state index contributed by atoms with van der Waals surface area (Å²) < 4.78 is 0. The molecular formula is C16H17Cl2N2O+. The Morgan fingerprint density at radius 1 is 1.05 bits per heavy atom. The maximum atomic E-state index is 11.9. The van der Waals surface area contributed by atoms with E-state index in [2.05, 4.69) is 12.2 Å². The molecule has 2 aromatic carbocycles. The smallest absolute Gasteiger partial charge is 0.279 e. The Morgan fingerprint density at radius 2 is 1.57 bits per heavy atom. The van der Waals surface area contributed by atoms with Gasteiger partial charge in [0.05, 0.1) is 0 Å². The molecule has 0 aliphatic heterocycles. The number of anilines is 1. The molecule has 0 radical (unpaired) electrons. The number of nitrogens with one attached hydrogen (secondary N) is 1. The van der Waals surface area contributed by atoms with Gasteiger partial charge in [-0.2, -0.15) is 0 Å². The fraction of sp³-hybridized carbons (Fsp3) is 0.188. The van der Waals surface area contributed by atoms with Crippen LogP contribution in [0.4, 0.5) is 5.69 Å². The number of hydrogen-bond acceptors (Lipinski definition) is 1. The Morgan fingerprint density at radius 3 is 2.14 bits per heavy atom. The van der Waals surface area contributed by atoms with E-state index in [1.165, 1.54) is 0 Å². The lowest BCUT2D eigenvalue weighted by atomic mass is 10.1. The lowest BCUT2D eigenvalue weighted by Gasteiger charge is -2.11. The van der Waals surface area contributed by atoms with Gasteiger partial charge in [-0.25, -0.2) is 0 Å². The van der Waals surface area contributed by atoms with E-state index in [0.29, 0.717) is 16.6 Å². The molecule has 0 heterocycles. The third kappa shape index (κ3) is 5.05. The summed E-state index contributed by atoms with van der Waals surface area (Å²) >= 11 is 11.7. The minimum atomic E-state index is -0.0434. The first-order chi connectivity index (χ1) is 10.0. The van der Waals surface area contributed by atoms with Crippen LogP contribution in [0.1, 0.15) is 18.5 Å². The van der Waals surface area contributed by atoms with Crippen molar-refractivity contribution in [3.05, 3.63) is 64.1 Å². The number of carbonyl (C=O) groups is 1. The first-order valence-electron chi connectivity index (χ1n) is 6.69. The fourth-order valence-electron chi connectivity index (χ4n) is 1.93. The second-order valence-corrected chi connectivity index (χ2v) is 5.71. The van der Waals surface area contributed by atoms with Gasteiger partial charge < -0.3 is 10.6 Å². The van der Waals surface area contributed by atoms with Crippen molar-refractivity contribution in [2.75, 3.05) is 11.9 Å². The quantitative estimate of drug-likeness (QED) is 0.871. The SMILES string of the molecule is C[C@@H]([NH2+]CC(=O)Nc1ccc(Cl)cc1)c1ccc(Cl)cc1. The summed E-state index contributed by atoms with van der Waals surface area (Å²) in [5.74, 6) is -0.0434. The Kier molecular flexibility index (Phi) is 5.62. The highest BCUT2D eigenvalue weighted by Crippen LogP contribution is 2.14. The molecule has 0 fully saturated rings. The van der Waals surface area contributed by atoms with E-state index in [-0.39, 0.29) is 11.9 Å². The van der Waals surface area contributed by atoms with Crippen molar-refractivity contribution in [2.45, 2.75) is 13.0 Å². The van der Waals surface area contributed by atoms with E-state index in [1.54, 1.807) is 24.3 Å². The van der Waals surface area contributed by atoms with Crippen LogP contribution in [0, 0.1) is 0 Å². The molecule has 3 N–H and O–H groups in total. The molecule has 0 aliphatic rings. The number of nitrogens with two attached hydrogens (primary N) is 1. The average Bonchev–Trinajstić information content (AvgIpc) is 2.48. The first kappa shape index (κ1) is 15.8.